The molecule has 0 aliphatic heterocycles. The SMILES string of the molecule is CC/C(C)=C\C=C(/C)OC. The summed E-state index contributed by atoms with van der Waals surface area (Å²) in [6.07, 6.45) is 5.17. The second-order valence-electron chi connectivity index (χ2n) is 2.35. The molecule has 0 saturated carbocycles. The molecule has 0 unspecified atom stereocenters. The van der Waals surface area contributed by atoms with Crippen LogP contribution in [0.1, 0.15) is 27.2 Å². The summed E-state index contributed by atoms with van der Waals surface area (Å²) in [6.45, 7) is 6.20. The van der Waals surface area contributed by atoms with Crippen LogP contribution in [0.15, 0.2) is 23.5 Å². The summed E-state index contributed by atoms with van der Waals surface area (Å²) in [7, 11) is 1.68. The molecule has 0 N–H and O–H groups in total. The minimum Gasteiger partial charge on any atom is -0.501 e. The van der Waals surface area contributed by atoms with Crippen LogP contribution in [0.2, 0.25) is 0 Å². The van der Waals surface area contributed by atoms with Crippen molar-refractivity contribution in [1.82, 2.24) is 0 Å². The molecule has 0 heterocycles. The van der Waals surface area contributed by atoms with Gasteiger partial charge in [0.05, 0.1) is 12.9 Å². The molecule has 0 aromatic heterocycles. The Kier molecular flexibility index (Phi) is 4.73. The van der Waals surface area contributed by atoms with Crippen LogP contribution >= 0.6 is 0 Å². The van der Waals surface area contributed by atoms with E-state index in [1.165, 1.54) is 5.57 Å². The van der Waals surface area contributed by atoms with Gasteiger partial charge in [-0.1, -0.05) is 18.6 Å². The molecule has 0 radical (unpaired) electrons. The molecular formula is C9H16O. The van der Waals surface area contributed by atoms with Crippen LogP contribution in [0.4, 0.5) is 0 Å². The topological polar surface area (TPSA) is 9.23 Å². The molecule has 0 spiro atoms. The molecule has 0 bridgehead atoms. The predicted octanol–water partition coefficient (Wildman–Crippen LogP) is 2.89. The van der Waals surface area contributed by atoms with Crippen LogP contribution in [-0.4, -0.2) is 7.11 Å². The Hall–Kier alpha value is -0.720. The standard InChI is InChI=1S/C9H16O/c1-5-8(2)6-7-9(3)10-4/h6-7H,5H2,1-4H3/b8-6-,9-7+. The lowest BCUT2D eigenvalue weighted by atomic mass is 10.2. The summed E-state index contributed by atoms with van der Waals surface area (Å²) in [5.41, 5.74) is 1.37. The van der Waals surface area contributed by atoms with Crippen LogP contribution in [0, 0.1) is 0 Å². The summed E-state index contributed by atoms with van der Waals surface area (Å²) < 4.78 is 4.96. The molecule has 0 rings (SSSR count). The Morgan fingerprint density at radius 3 is 2.30 bits per heavy atom. The lowest BCUT2D eigenvalue weighted by Gasteiger charge is -1.95. The second-order valence-corrected chi connectivity index (χ2v) is 2.35. The molecule has 0 aliphatic carbocycles. The Labute approximate surface area is 63.4 Å². The molecule has 0 fully saturated rings. The number of hydrogen-bond acceptors (Lipinski definition) is 1. The lowest BCUT2D eigenvalue weighted by Crippen LogP contribution is -1.77. The minimum atomic E-state index is 0.952. The average molecular weight is 140 g/mol. The molecule has 0 saturated heterocycles. The molecule has 1 heteroatoms. The van der Waals surface area contributed by atoms with Crippen molar-refractivity contribution >= 4 is 0 Å². The quantitative estimate of drug-likeness (QED) is 0.432. The van der Waals surface area contributed by atoms with Gasteiger partial charge in [-0.2, -0.15) is 0 Å². The van der Waals surface area contributed by atoms with Gasteiger partial charge in [-0.05, 0) is 26.3 Å². The largest absolute Gasteiger partial charge is 0.501 e. The van der Waals surface area contributed by atoms with Crippen molar-refractivity contribution < 1.29 is 4.74 Å². The molecule has 0 amide bonds. The van der Waals surface area contributed by atoms with Crippen LogP contribution in [0.5, 0.6) is 0 Å². The number of methoxy groups -OCH3 is 1. The third kappa shape index (κ3) is 4.19. The second kappa shape index (κ2) is 5.10. The Balaban J connectivity index is 3.91. The van der Waals surface area contributed by atoms with Crippen LogP contribution in [0.3, 0.4) is 0 Å². The minimum absolute atomic E-state index is 0.952. The first-order valence-corrected chi connectivity index (χ1v) is 3.58. The van der Waals surface area contributed by atoms with E-state index in [1.807, 2.05) is 13.0 Å². The molecule has 0 aromatic rings. The van der Waals surface area contributed by atoms with E-state index in [0.717, 1.165) is 12.2 Å². The maximum atomic E-state index is 4.96. The lowest BCUT2D eigenvalue weighted by molar-refractivity contribution is 0.293. The summed E-state index contributed by atoms with van der Waals surface area (Å²) in [5, 5.41) is 0. The molecule has 0 aliphatic rings. The summed E-state index contributed by atoms with van der Waals surface area (Å²) >= 11 is 0. The van der Waals surface area contributed by atoms with Gasteiger partial charge in [-0.15, -0.1) is 0 Å². The Morgan fingerprint density at radius 1 is 1.30 bits per heavy atom. The van der Waals surface area contributed by atoms with Crippen molar-refractivity contribution in [3.8, 4) is 0 Å². The average Bonchev–Trinajstić information content (AvgIpc) is 1.99. The zero-order valence-electron chi connectivity index (χ0n) is 7.27. The van der Waals surface area contributed by atoms with Gasteiger partial charge in [0.2, 0.25) is 0 Å². The molecule has 1 nitrogen and oxygen atoms in total. The smallest absolute Gasteiger partial charge is 0.0924 e. The number of ether oxygens (including phenoxy) is 1. The van der Waals surface area contributed by atoms with Gasteiger partial charge < -0.3 is 4.74 Å². The van der Waals surface area contributed by atoms with Crippen LogP contribution in [-0.2, 0) is 4.74 Å². The van der Waals surface area contributed by atoms with Gasteiger partial charge in [-0.25, -0.2) is 0 Å². The third-order valence-corrected chi connectivity index (χ3v) is 1.48. The fourth-order valence-electron chi connectivity index (χ4n) is 0.446. The van der Waals surface area contributed by atoms with Crippen molar-refractivity contribution in [3.63, 3.8) is 0 Å². The summed E-state index contributed by atoms with van der Waals surface area (Å²) in [6, 6.07) is 0. The van der Waals surface area contributed by atoms with E-state index in [1.54, 1.807) is 7.11 Å². The first-order chi connectivity index (χ1) is 4.70. The maximum absolute atomic E-state index is 4.96. The van der Waals surface area contributed by atoms with Crippen molar-refractivity contribution in [1.29, 1.82) is 0 Å². The van der Waals surface area contributed by atoms with Crippen molar-refractivity contribution in [3.05, 3.63) is 23.5 Å². The number of hydrogen-bond donors (Lipinski definition) is 0. The fraction of sp³-hybridized carbons (Fsp3) is 0.556. The van der Waals surface area contributed by atoms with Gasteiger partial charge in [-0.3, -0.25) is 0 Å². The van der Waals surface area contributed by atoms with E-state index in [2.05, 4.69) is 19.9 Å². The van der Waals surface area contributed by atoms with Gasteiger partial charge in [0, 0.05) is 0 Å². The molecule has 0 aromatic carbocycles. The van der Waals surface area contributed by atoms with Gasteiger partial charge in [0.25, 0.3) is 0 Å². The molecular weight excluding hydrogens is 124 g/mol. The van der Waals surface area contributed by atoms with Gasteiger partial charge >= 0.3 is 0 Å². The summed E-state index contributed by atoms with van der Waals surface area (Å²) in [4.78, 5) is 0. The molecule has 0 atom stereocenters. The highest BCUT2D eigenvalue weighted by Crippen LogP contribution is 2.00. The van der Waals surface area contributed by atoms with E-state index in [0.29, 0.717) is 0 Å². The van der Waals surface area contributed by atoms with E-state index < -0.39 is 0 Å². The highest BCUT2D eigenvalue weighted by Gasteiger charge is 1.82. The van der Waals surface area contributed by atoms with Crippen molar-refractivity contribution in [2.45, 2.75) is 27.2 Å². The highest BCUT2D eigenvalue weighted by atomic mass is 16.5. The van der Waals surface area contributed by atoms with Gasteiger partial charge in [0.15, 0.2) is 0 Å². The van der Waals surface area contributed by atoms with Crippen molar-refractivity contribution in [2.75, 3.05) is 7.11 Å². The normalized spacial score (nSPS) is 13.6. The van der Waals surface area contributed by atoms with E-state index in [9.17, 15) is 0 Å². The fourth-order valence-corrected chi connectivity index (χ4v) is 0.446. The number of rotatable bonds is 3. The van der Waals surface area contributed by atoms with E-state index in [-0.39, 0.29) is 0 Å². The van der Waals surface area contributed by atoms with Crippen LogP contribution in [0.25, 0.3) is 0 Å². The predicted molar refractivity (Wildman–Crippen MR) is 44.8 cm³/mol. The van der Waals surface area contributed by atoms with Crippen molar-refractivity contribution in [2.24, 2.45) is 0 Å². The monoisotopic (exact) mass is 140 g/mol. The first-order valence-electron chi connectivity index (χ1n) is 3.58. The van der Waals surface area contributed by atoms with Crippen LogP contribution < -0.4 is 0 Å². The third-order valence-electron chi connectivity index (χ3n) is 1.48. The molecule has 58 valence electrons. The van der Waals surface area contributed by atoms with E-state index in [4.69, 9.17) is 4.74 Å². The maximum Gasteiger partial charge on any atom is 0.0924 e. The van der Waals surface area contributed by atoms with Gasteiger partial charge in [0.1, 0.15) is 0 Å². The summed E-state index contributed by atoms with van der Waals surface area (Å²) in [5.74, 6) is 0.952. The molecule has 10 heavy (non-hydrogen) atoms. The Bertz CT molecular complexity index is 125. The first kappa shape index (κ1) is 9.28. The zero-order chi connectivity index (χ0) is 7.98. The highest BCUT2D eigenvalue weighted by molar-refractivity contribution is 5.11. The Morgan fingerprint density at radius 2 is 1.90 bits per heavy atom. The zero-order valence-corrected chi connectivity index (χ0v) is 7.27. The van der Waals surface area contributed by atoms with E-state index >= 15 is 0 Å². The number of allylic oxidation sites excluding steroid dienone is 4.